The predicted octanol–water partition coefficient (Wildman–Crippen LogP) is 5.50. The van der Waals surface area contributed by atoms with Gasteiger partial charge in [-0.05, 0) is 43.2 Å². The Kier molecular flexibility index (Phi) is 8.72. The third-order valence-electron chi connectivity index (χ3n) is 7.04. The van der Waals surface area contributed by atoms with Crippen LogP contribution in [0.4, 0.5) is 5.13 Å². The van der Waals surface area contributed by atoms with Crippen LogP contribution in [0, 0.1) is 11.3 Å². The highest BCUT2D eigenvalue weighted by atomic mass is 35.5. The number of nitriles is 1. The minimum absolute atomic E-state index is 0.0767. The molecule has 10 nitrogen and oxygen atoms in total. The maximum Gasteiger partial charge on any atom is 0.219 e. The molecular formula is C29H26ClN5O5S2. The first-order valence-corrected chi connectivity index (χ1v) is 15.0. The highest BCUT2D eigenvalue weighted by Crippen LogP contribution is 2.50. The van der Waals surface area contributed by atoms with Gasteiger partial charge in [-0.25, -0.2) is 0 Å². The van der Waals surface area contributed by atoms with Crippen molar-refractivity contribution in [3.63, 3.8) is 0 Å². The topological polar surface area (TPSA) is 141 Å². The van der Waals surface area contributed by atoms with Crippen LogP contribution in [0.1, 0.15) is 41.1 Å². The summed E-state index contributed by atoms with van der Waals surface area (Å²) in [4.78, 5) is 27.8. The Morgan fingerprint density at radius 2 is 1.81 bits per heavy atom. The van der Waals surface area contributed by atoms with Gasteiger partial charge in [0.1, 0.15) is 11.6 Å². The van der Waals surface area contributed by atoms with Crippen LogP contribution in [-0.4, -0.2) is 48.8 Å². The number of rotatable bonds is 9. The average molecular weight is 624 g/mol. The van der Waals surface area contributed by atoms with Crippen molar-refractivity contribution in [2.75, 3.05) is 32.0 Å². The van der Waals surface area contributed by atoms with E-state index in [0.29, 0.717) is 73.4 Å². The Morgan fingerprint density at radius 1 is 1.12 bits per heavy atom. The van der Waals surface area contributed by atoms with E-state index >= 15 is 0 Å². The van der Waals surface area contributed by atoms with Gasteiger partial charge in [0.2, 0.25) is 5.13 Å². The first-order chi connectivity index (χ1) is 20.3. The molecule has 1 unspecified atom stereocenters. The van der Waals surface area contributed by atoms with E-state index in [0.717, 1.165) is 0 Å². The van der Waals surface area contributed by atoms with Crippen LogP contribution in [-0.2, 0) is 4.79 Å². The van der Waals surface area contributed by atoms with E-state index in [2.05, 4.69) is 16.3 Å². The number of halogens is 1. The highest BCUT2D eigenvalue weighted by molar-refractivity contribution is 8.01. The largest absolute Gasteiger partial charge is 0.496 e. The van der Waals surface area contributed by atoms with Crippen molar-refractivity contribution in [1.29, 1.82) is 5.26 Å². The number of hydrogen-bond donors (Lipinski definition) is 1. The molecule has 1 atom stereocenters. The van der Waals surface area contributed by atoms with Crippen molar-refractivity contribution < 1.29 is 23.8 Å². The van der Waals surface area contributed by atoms with E-state index in [1.165, 1.54) is 44.4 Å². The number of thioether (sulfide) groups is 1. The van der Waals surface area contributed by atoms with Crippen LogP contribution in [0.25, 0.3) is 0 Å². The van der Waals surface area contributed by atoms with Crippen molar-refractivity contribution in [3.05, 3.63) is 75.2 Å². The Bertz CT molecular complexity index is 1660. The number of anilines is 1. The Hall–Kier alpha value is -4.05. The molecule has 3 aromatic rings. The maximum atomic E-state index is 13.5. The number of nitrogens with zero attached hydrogens (tertiary/aromatic N) is 4. The number of methoxy groups -OCH3 is 3. The van der Waals surface area contributed by atoms with Crippen molar-refractivity contribution in [2.45, 2.75) is 29.5 Å². The summed E-state index contributed by atoms with van der Waals surface area (Å²) in [7, 11) is 4.54. The van der Waals surface area contributed by atoms with Gasteiger partial charge < -0.3 is 19.9 Å². The molecule has 42 heavy (non-hydrogen) atoms. The number of aromatic nitrogens is 2. The van der Waals surface area contributed by atoms with Crippen LogP contribution in [0.5, 0.6) is 17.2 Å². The quantitative estimate of drug-likeness (QED) is 0.239. The summed E-state index contributed by atoms with van der Waals surface area (Å²) in [6.45, 7) is 0. The number of ketones is 2. The first kappa shape index (κ1) is 29.4. The average Bonchev–Trinajstić information content (AvgIpc) is 3.47. The van der Waals surface area contributed by atoms with Gasteiger partial charge >= 0.3 is 0 Å². The smallest absolute Gasteiger partial charge is 0.219 e. The minimum Gasteiger partial charge on any atom is -0.496 e. The number of Topliss-reactive ketones (excluding diaryl/α,β-unsaturated/α-hetero) is 2. The van der Waals surface area contributed by atoms with Crippen molar-refractivity contribution in [2.24, 2.45) is 5.73 Å². The molecule has 216 valence electrons. The molecule has 2 N–H and O–H groups in total. The molecule has 2 aromatic carbocycles. The van der Waals surface area contributed by atoms with Gasteiger partial charge in [-0.15, -0.1) is 10.2 Å². The molecule has 1 aliphatic carbocycles. The minimum atomic E-state index is -0.775. The lowest BCUT2D eigenvalue weighted by Gasteiger charge is -2.38. The van der Waals surface area contributed by atoms with Crippen LogP contribution in [0.3, 0.4) is 0 Å². The maximum absolute atomic E-state index is 13.5. The van der Waals surface area contributed by atoms with Crippen molar-refractivity contribution >= 4 is 51.4 Å². The van der Waals surface area contributed by atoms with Gasteiger partial charge in [-0.3, -0.25) is 14.5 Å². The molecule has 2 aliphatic rings. The van der Waals surface area contributed by atoms with Gasteiger partial charge in [0.15, 0.2) is 27.4 Å². The number of allylic oxidation sites excluding steroid dienone is 3. The third-order valence-corrected chi connectivity index (χ3v) is 9.33. The molecule has 2 heterocycles. The van der Waals surface area contributed by atoms with Gasteiger partial charge in [0.05, 0.1) is 44.6 Å². The number of ether oxygens (including phenoxy) is 3. The zero-order valence-electron chi connectivity index (χ0n) is 23.0. The van der Waals surface area contributed by atoms with E-state index in [9.17, 15) is 14.9 Å². The van der Waals surface area contributed by atoms with Crippen molar-refractivity contribution in [3.8, 4) is 23.3 Å². The zero-order chi connectivity index (χ0) is 30.0. The Balaban J connectivity index is 1.53. The van der Waals surface area contributed by atoms with Crippen LogP contribution < -0.4 is 24.8 Å². The molecule has 0 saturated heterocycles. The second-order valence-electron chi connectivity index (χ2n) is 9.33. The summed E-state index contributed by atoms with van der Waals surface area (Å²) >= 11 is 8.41. The fourth-order valence-corrected chi connectivity index (χ4v) is 6.99. The summed E-state index contributed by atoms with van der Waals surface area (Å²) in [5, 5.41) is 19.9. The Labute approximate surface area is 255 Å². The fraction of sp³-hybridized carbons (Fsp3) is 0.276. The van der Waals surface area contributed by atoms with Gasteiger partial charge in [-0.2, -0.15) is 5.26 Å². The Morgan fingerprint density at radius 3 is 2.48 bits per heavy atom. The lowest BCUT2D eigenvalue weighted by molar-refractivity contribution is -0.116. The molecule has 13 heteroatoms. The third kappa shape index (κ3) is 5.43. The lowest BCUT2D eigenvalue weighted by Crippen LogP contribution is -2.38. The van der Waals surface area contributed by atoms with E-state index in [4.69, 9.17) is 31.5 Å². The number of hydrogen-bond acceptors (Lipinski definition) is 12. The molecule has 0 amide bonds. The standard InChI is InChI=1S/C29H26ClN5O5S2/c1-38-22-12-24(40-3)23(39-2)11-17(22)25-18(13-31)27(32)35(19-5-4-6-20(36)26(19)25)28-33-34-29(42-28)41-14-21(37)15-7-9-16(30)10-8-15/h7-12,25H,4-6,14,32H2,1-3H3. The second-order valence-corrected chi connectivity index (χ2v) is 11.9. The van der Waals surface area contributed by atoms with Crippen LogP contribution in [0.2, 0.25) is 5.02 Å². The lowest BCUT2D eigenvalue weighted by atomic mass is 9.75. The normalized spacial score (nSPS) is 16.7. The van der Waals surface area contributed by atoms with E-state index in [1.54, 1.807) is 41.3 Å². The molecule has 1 aromatic heterocycles. The monoisotopic (exact) mass is 623 g/mol. The summed E-state index contributed by atoms with van der Waals surface area (Å²) < 4.78 is 17.2. The first-order valence-electron chi connectivity index (χ1n) is 12.8. The molecule has 5 rings (SSSR count). The number of carbonyl (C=O) groups excluding carboxylic acids is 2. The van der Waals surface area contributed by atoms with Crippen LogP contribution >= 0.6 is 34.7 Å². The van der Waals surface area contributed by atoms with Crippen molar-refractivity contribution in [1.82, 2.24) is 10.2 Å². The summed E-state index contributed by atoms with van der Waals surface area (Å²) in [6, 6.07) is 12.3. The SMILES string of the molecule is COc1cc(OC)c(C2C(C#N)=C(N)N(c3nnc(SCC(=O)c4ccc(Cl)cc4)s3)C3=C2C(=O)CCC3)cc1OC. The van der Waals surface area contributed by atoms with Gasteiger partial charge in [0.25, 0.3) is 0 Å². The van der Waals surface area contributed by atoms with Crippen LogP contribution in [0.15, 0.2) is 63.4 Å². The molecule has 1 aliphatic heterocycles. The zero-order valence-corrected chi connectivity index (χ0v) is 25.4. The summed E-state index contributed by atoms with van der Waals surface area (Å²) in [6.07, 6.45) is 1.50. The fourth-order valence-electron chi connectivity index (χ4n) is 5.09. The predicted molar refractivity (Wildman–Crippen MR) is 160 cm³/mol. The van der Waals surface area contributed by atoms with E-state index < -0.39 is 5.92 Å². The number of carbonyl (C=O) groups is 2. The molecule has 0 spiro atoms. The van der Waals surface area contributed by atoms with E-state index in [1.807, 2.05) is 0 Å². The summed E-state index contributed by atoms with van der Waals surface area (Å²) in [5.41, 5.74) is 9.10. The molecule has 0 fully saturated rings. The molecule has 0 saturated carbocycles. The second kappa shape index (κ2) is 12.4. The number of nitrogens with two attached hydrogens (primary N) is 1. The van der Waals surface area contributed by atoms with Gasteiger partial charge in [0, 0.05) is 39.9 Å². The van der Waals surface area contributed by atoms with Gasteiger partial charge in [-0.1, -0.05) is 34.7 Å². The molecular weight excluding hydrogens is 598 g/mol. The number of benzene rings is 2. The highest BCUT2D eigenvalue weighted by Gasteiger charge is 2.42. The molecule has 0 radical (unpaired) electrons. The molecule has 0 bridgehead atoms. The van der Waals surface area contributed by atoms with E-state index in [-0.39, 0.29) is 28.7 Å². The summed E-state index contributed by atoms with van der Waals surface area (Å²) in [5.74, 6) is 0.665.